The molecule has 2 aliphatic carbocycles. The van der Waals surface area contributed by atoms with Gasteiger partial charge in [0.15, 0.2) is 0 Å². The third kappa shape index (κ3) is 6.66. The molecule has 0 aromatic heterocycles. The minimum Gasteiger partial charge on any atom is -0.310 e. The molecule has 0 N–H and O–H groups in total. The highest BCUT2D eigenvalue weighted by Gasteiger charge is 2.52. The van der Waals surface area contributed by atoms with Gasteiger partial charge in [0.2, 0.25) is 0 Å². The van der Waals surface area contributed by atoms with Crippen LogP contribution in [-0.2, 0) is 5.41 Å². The zero-order chi connectivity index (χ0) is 46.4. The van der Waals surface area contributed by atoms with Crippen molar-refractivity contribution in [2.24, 2.45) is 0 Å². The van der Waals surface area contributed by atoms with Crippen LogP contribution in [0.4, 0.5) is 51.2 Å². The average molecular weight is 894 g/mol. The van der Waals surface area contributed by atoms with E-state index in [2.05, 4.69) is 300 Å². The second-order valence-corrected chi connectivity index (χ2v) is 18.1. The van der Waals surface area contributed by atoms with Crippen molar-refractivity contribution in [3.05, 3.63) is 307 Å². The van der Waals surface area contributed by atoms with Crippen LogP contribution in [0.15, 0.2) is 285 Å². The highest BCUT2D eigenvalue weighted by molar-refractivity contribution is 6.01. The van der Waals surface area contributed by atoms with E-state index in [1.54, 1.807) is 0 Å². The van der Waals surface area contributed by atoms with Crippen LogP contribution >= 0.6 is 0 Å². The first-order valence-corrected chi connectivity index (χ1v) is 24.1. The fraction of sp³-hybridized carbons (Fsp3) is 0.0149. The largest absolute Gasteiger partial charge is 0.310 e. The molecule has 0 radical (unpaired) electrons. The highest BCUT2D eigenvalue weighted by Crippen LogP contribution is 2.64. The zero-order valence-electron chi connectivity index (χ0n) is 38.5. The zero-order valence-corrected chi connectivity index (χ0v) is 38.5. The predicted octanol–water partition coefficient (Wildman–Crippen LogP) is 18.1. The molecule has 0 heterocycles. The molecule has 0 amide bonds. The molecule has 70 heavy (non-hydrogen) atoms. The molecule has 0 saturated carbocycles. The number of rotatable bonds is 10. The molecule has 0 aliphatic heterocycles. The Morgan fingerprint density at radius 2 is 0.543 bits per heavy atom. The third-order valence-electron chi connectivity index (χ3n) is 14.2. The lowest BCUT2D eigenvalue weighted by atomic mass is 9.70. The van der Waals surface area contributed by atoms with E-state index in [9.17, 15) is 0 Å². The van der Waals surface area contributed by atoms with Crippen molar-refractivity contribution in [2.75, 3.05) is 14.7 Å². The van der Waals surface area contributed by atoms with Gasteiger partial charge in [-0.25, -0.2) is 0 Å². The fourth-order valence-electron chi connectivity index (χ4n) is 11.4. The van der Waals surface area contributed by atoms with Crippen molar-refractivity contribution in [1.29, 1.82) is 0 Å². The Kier molecular flexibility index (Phi) is 10.1. The van der Waals surface area contributed by atoms with Gasteiger partial charge in [-0.05, 0) is 147 Å². The topological polar surface area (TPSA) is 9.72 Å². The van der Waals surface area contributed by atoms with Gasteiger partial charge in [-0.15, -0.1) is 0 Å². The Morgan fingerprint density at radius 1 is 0.200 bits per heavy atom. The quantitative estimate of drug-likeness (QED) is 0.135. The van der Waals surface area contributed by atoms with Crippen LogP contribution in [-0.4, -0.2) is 0 Å². The number of hydrogen-bond acceptors (Lipinski definition) is 3. The molecule has 3 heteroatoms. The van der Waals surface area contributed by atoms with Crippen LogP contribution in [0.25, 0.3) is 33.4 Å². The molecule has 0 bridgehead atoms. The molecule has 0 unspecified atom stereocenters. The number of benzene rings is 11. The monoisotopic (exact) mass is 893 g/mol. The Balaban J connectivity index is 1.10. The summed E-state index contributed by atoms with van der Waals surface area (Å²) >= 11 is 0. The van der Waals surface area contributed by atoms with Crippen LogP contribution in [0, 0.1) is 0 Å². The van der Waals surface area contributed by atoms with E-state index in [1.807, 2.05) is 0 Å². The van der Waals surface area contributed by atoms with Crippen molar-refractivity contribution in [3.63, 3.8) is 0 Å². The minimum absolute atomic E-state index is 0.553. The van der Waals surface area contributed by atoms with Crippen molar-refractivity contribution in [2.45, 2.75) is 5.41 Å². The molecule has 3 nitrogen and oxygen atoms in total. The summed E-state index contributed by atoms with van der Waals surface area (Å²) in [6, 6.07) is 104. The fourth-order valence-corrected chi connectivity index (χ4v) is 11.4. The molecule has 0 atom stereocenters. The van der Waals surface area contributed by atoms with Crippen LogP contribution in [0.2, 0.25) is 0 Å². The number of para-hydroxylation sites is 5. The lowest BCUT2D eigenvalue weighted by molar-refractivity contribution is 0.794. The summed E-state index contributed by atoms with van der Waals surface area (Å²) in [4.78, 5) is 7.20. The Bertz CT molecular complexity index is 3430. The Morgan fingerprint density at radius 3 is 0.971 bits per heavy atom. The van der Waals surface area contributed by atoms with Gasteiger partial charge >= 0.3 is 0 Å². The van der Waals surface area contributed by atoms with Crippen LogP contribution < -0.4 is 14.7 Å². The van der Waals surface area contributed by atoms with E-state index in [0.717, 1.165) is 51.2 Å². The van der Waals surface area contributed by atoms with Crippen molar-refractivity contribution >= 4 is 51.2 Å². The molecular formula is C67H47N3. The lowest BCUT2D eigenvalue weighted by Crippen LogP contribution is -2.26. The van der Waals surface area contributed by atoms with E-state index in [1.165, 1.54) is 55.6 Å². The van der Waals surface area contributed by atoms with E-state index in [0.29, 0.717) is 0 Å². The number of nitrogens with zero attached hydrogens (tertiary/aromatic N) is 3. The Hall–Kier alpha value is -9.18. The smallest absolute Gasteiger partial charge is 0.0726 e. The molecule has 11 aromatic rings. The summed E-state index contributed by atoms with van der Waals surface area (Å²) in [5.41, 5.74) is 21.7. The van der Waals surface area contributed by atoms with E-state index >= 15 is 0 Å². The SMILES string of the molecule is c1ccc(-c2cccc3c2-c2ccc(N(c4ccccc4)c4cc(N(c5ccccc5)c5ccccc5)cc(N(c5ccccc5)c5ccccc5)c4)cc2C32c3ccccc3-c3ccccc32)cc1. The van der Waals surface area contributed by atoms with Gasteiger partial charge in [0.05, 0.1) is 22.5 Å². The number of hydrogen-bond donors (Lipinski definition) is 0. The molecule has 0 fully saturated rings. The summed E-state index contributed by atoms with van der Waals surface area (Å²) < 4.78 is 0. The summed E-state index contributed by atoms with van der Waals surface area (Å²) in [5, 5.41) is 0. The Labute approximate surface area is 410 Å². The first-order valence-electron chi connectivity index (χ1n) is 24.1. The van der Waals surface area contributed by atoms with Crippen LogP contribution in [0.5, 0.6) is 0 Å². The maximum Gasteiger partial charge on any atom is 0.0726 e. The lowest BCUT2D eigenvalue weighted by Gasteiger charge is -2.34. The highest BCUT2D eigenvalue weighted by atomic mass is 15.2. The van der Waals surface area contributed by atoms with Crippen molar-refractivity contribution < 1.29 is 0 Å². The molecule has 1 spiro atoms. The van der Waals surface area contributed by atoms with Gasteiger partial charge in [0.1, 0.15) is 0 Å². The molecule has 11 aromatic carbocycles. The van der Waals surface area contributed by atoms with E-state index in [4.69, 9.17) is 0 Å². The summed E-state index contributed by atoms with van der Waals surface area (Å²) in [7, 11) is 0. The normalized spacial score (nSPS) is 12.4. The second kappa shape index (κ2) is 17.2. The molecular weight excluding hydrogens is 847 g/mol. The number of fused-ring (bicyclic) bond motifs is 10. The van der Waals surface area contributed by atoms with Crippen LogP contribution in [0.3, 0.4) is 0 Å². The van der Waals surface area contributed by atoms with Gasteiger partial charge in [0.25, 0.3) is 0 Å². The summed E-state index contributed by atoms with van der Waals surface area (Å²) in [6.45, 7) is 0. The minimum atomic E-state index is -0.553. The molecule has 0 saturated heterocycles. The molecule has 330 valence electrons. The van der Waals surface area contributed by atoms with E-state index in [-0.39, 0.29) is 0 Å². The van der Waals surface area contributed by atoms with Crippen molar-refractivity contribution in [3.8, 4) is 33.4 Å². The standard InChI is InChI=1S/C67H47N3/c1-7-24-48(25-8-1)58-38-23-41-64-66(58)61-43-42-54(47-65(61)67(64)62-39-21-19-36-59(62)60-37-20-22-40-63(60)67)70(53-34-17-6-18-35-53)57-45-55(68(49-26-9-2-10-27-49)50-28-11-3-12-29-50)44-56(46-57)69(51-30-13-4-14-31-51)52-32-15-5-16-33-52/h1-47H. The maximum atomic E-state index is 2.50. The third-order valence-corrected chi connectivity index (χ3v) is 14.2. The maximum absolute atomic E-state index is 2.50. The van der Waals surface area contributed by atoms with Crippen molar-refractivity contribution in [1.82, 2.24) is 0 Å². The average Bonchev–Trinajstić information content (AvgIpc) is 3.90. The number of anilines is 9. The van der Waals surface area contributed by atoms with Gasteiger partial charge in [-0.3, -0.25) is 0 Å². The summed E-state index contributed by atoms with van der Waals surface area (Å²) in [5.74, 6) is 0. The first kappa shape index (κ1) is 41.0. The molecule has 13 rings (SSSR count). The van der Waals surface area contributed by atoms with Gasteiger partial charge in [0, 0.05) is 34.1 Å². The van der Waals surface area contributed by atoms with Crippen LogP contribution in [0.1, 0.15) is 22.3 Å². The molecule has 2 aliphatic rings. The first-order chi connectivity index (χ1) is 34.8. The predicted molar refractivity (Wildman–Crippen MR) is 292 cm³/mol. The van der Waals surface area contributed by atoms with Gasteiger partial charge in [-0.2, -0.15) is 0 Å². The summed E-state index contributed by atoms with van der Waals surface area (Å²) in [6.07, 6.45) is 0. The van der Waals surface area contributed by atoms with Gasteiger partial charge in [-0.1, -0.05) is 194 Å². The second-order valence-electron chi connectivity index (χ2n) is 18.1. The van der Waals surface area contributed by atoms with E-state index < -0.39 is 5.41 Å². The van der Waals surface area contributed by atoms with Gasteiger partial charge < -0.3 is 14.7 Å².